The summed E-state index contributed by atoms with van der Waals surface area (Å²) in [6, 6.07) is 9.56. The van der Waals surface area contributed by atoms with Gasteiger partial charge in [0.05, 0.1) is 12.8 Å². The summed E-state index contributed by atoms with van der Waals surface area (Å²) in [5, 5.41) is 14.6. The van der Waals surface area contributed by atoms with Gasteiger partial charge in [-0.2, -0.15) is 5.10 Å². The summed E-state index contributed by atoms with van der Waals surface area (Å²) in [5.41, 5.74) is 0.931. The first-order valence-electron chi connectivity index (χ1n) is 5.87. The SMILES string of the molecule is COc1ccc(CC(C)(O)c2ccnn2C)cc1. The molecule has 1 aromatic heterocycles. The fourth-order valence-corrected chi connectivity index (χ4v) is 2.13. The Bertz CT molecular complexity index is 515. The number of hydrogen-bond acceptors (Lipinski definition) is 3. The Morgan fingerprint density at radius 3 is 2.44 bits per heavy atom. The predicted octanol–water partition coefficient (Wildman–Crippen LogP) is 1.88. The molecular formula is C14H18N2O2. The van der Waals surface area contributed by atoms with Gasteiger partial charge in [0.15, 0.2) is 0 Å². The highest BCUT2D eigenvalue weighted by atomic mass is 16.5. The summed E-state index contributed by atoms with van der Waals surface area (Å²) in [6.07, 6.45) is 2.23. The number of aliphatic hydroxyl groups is 1. The molecule has 4 nitrogen and oxygen atoms in total. The maximum atomic E-state index is 10.5. The highest BCUT2D eigenvalue weighted by Gasteiger charge is 2.26. The highest BCUT2D eigenvalue weighted by molar-refractivity contribution is 5.29. The first-order chi connectivity index (χ1) is 8.53. The molecule has 0 spiro atoms. The van der Waals surface area contributed by atoms with Crippen molar-refractivity contribution in [3.05, 3.63) is 47.8 Å². The second-order valence-electron chi connectivity index (χ2n) is 4.64. The van der Waals surface area contributed by atoms with Gasteiger partial charge in [-0.25, -0.2) is 0 Å². The van der Waals surface area contributed by atoms with Crippen LogP contribution < -0.4 is 4.74 Å². The largest absolute Gasteiger partial charge is 0.497 e. The van der Waals surface area contributed by atoms with Crippen LogP contribution in [0, 0.1) is 0 Å². The molecule has 0 amide bonds. The monoisotopic (exact) mass is 246 g/mol. The number of nitrogens with zero attached hydrogens (tertiary/aromatic N) is 2. The third-order valence-corrected chi connectivity index (χ3v) is 3.08. The minimum absolute atomic E-state index is 0.538. The third kappa shape index (κ3) is 2.54. The van der Waals surface area contributed by atoms with E-state index in [0.717, 1.165) is 17.0 Å². The van der Waals surface area contributed by atoms with Crippen molar-refractivity contribution in [1.29, 1.82) is 0 Å². The number of aromatic nitrogens is 2. The lowest BCUT2D eigenvalue weighted by Crippen LogP contribution is -2.27. The van der Waals surface area contributed by atoms with Crippen LogP contribution in [-0.4, -0.2) is 22.0 Å². The van der Waals surface area contributed by atoms with Crippen LogP contribution in [0.15, 0.2) is 36.5 Å². The molecule has 2 aromatic rings. The number of rotatable bonds is 4. The summed E-state index contributed by atoms with van der Waals surface area (Å²) in [5.74, 6) is 0.818. The quantitative estimate of drug-likeness (QED) is 0.896. The number of hydrogen-bond donors (Lipinski definition) is 1. The lowest BCUT2D eigenvalue weighted by atomic mass is 9.93. The van der Waals surface area contributed by atoms with E-state index in [4.69, 9.17) is 4.74 Å². The second-order valence-corrected chi connectivity index (χ2v) is 4.64. The van der Waals surface area contributed by atoms with Crippen molar-refractivity contribution >= 4 is 0 Å². The van der Waals surface area contributed by atoms with Crippen molar-refractivity contribution in [3.63, 3.8) is 0 Å². The van der Waals surface area contributed by atoms with Gasteiger partial charge < -0.3 is 9.84 Å². The van der Waals surface area contributed by atoms with E-state index in [1.54, 1.807) is 24.9 Å². The molecule has 2 rings (SSSR count). The van der Waals surface area contributed by atoms with E-state index >= 15 is 0 Å². The highest BCUT2D eigenvalue weighted by Crippen LogP contribution is 2.25. The average Bonchev–Trinajstić information content (AvgIpc) is 2.77. The van der Waals surface area contributed by atoms with Gasteiger partial charge in [0.25, 0.3) is 0 Å². The number of ether oxygens (including phenoxy) is 1. The van der Waals surface area contributed by atoms with E-state index in [1.165, 1.54) is 0 Å². The van der Waals surface area contributed by atoms with Gasteiger partial charge in [0.2, 0.25) is 0 Å². The minimum atomic E-state index is -0.931. The van der Waals surface area contributed by atoms with E-state index in [2.05, 4.69) is 5.10 Å². The van der Waals surface area contributed by atoms with Crippen LogP contribution in [0.1, 0.15) is 18.2 Å². The molecule has 0 bridgehead atoms. The molecule has 96 valence electrons. The standard InChI is InChI=1S/C14H18N2O2/c1-14(17,13-8-9-15-16(13)2)10-11-4-6-12(18-3)7-5-11/h4-9,17H,10H2,1-3H3. The summed E-state index contributed by atoms with van der Waals surface area (Å²) < 4.78 is 6.81. The topological polar surface area (TPSA) is 47.3 Å². The van der Waals surface area contributed by atoms with Crippen molar-refractivity contribution < 1.29 is 9.84 Å². The van der Waals surface area contributed by atoms with Crippen LogP contribution in [0.3, 0.4) is 0 Å². The molecule has 1 aromatic carbocycles. The minimum Gasteiger partial charge on any atom is -0.497 e. The van der Waals surface area contributed by atoms with Crippen LogP contribution in [0.5, 0.6) is 5.75 Å². The molecule has 0 saturated heterocycles. The Labute approximate surface area is 107 Å². The van der Waals surface area contributed by atoms with E-state index in [9.17, 15) is 5.11 Å². The summed E-state index contributed by atoms with van der Waals surface area (Å²) in [7, 11) is 3.47. The maximum absolute atomic E-state index is 10.5. The smallest absolute Gasteiger partial charge is 0.118 e. The Kier molecular flexibility index (Phi) is 3.39. The lowest BCUT2D eigenvalue weighted by Gasteiger charge is -2.23. The molecule has 0 radical (unpaired) electrons. The van der Waals surface area contributed by atoms with Gasteiger partial charge in [-0.15, -0.1) is 0 Å². The molecule has 4 heteroatoms. The normalized spacial score (nSPS) is 14.2. The van der Waals surface area contributed by atoms with Crippen LogP contribution in [0.25, 0.3) is 0 Å². The summed E-state index contributed by atoms with van der Waals surface area (Å²) in [6.45, 7) is 1.80. The number of methoxy groups -OCH3 is 1. The van der Waals surface area contributed by atoms with Gasteiger partial charge in [0.1, 0.15) is 11.4 Å². The molecule has 0 aliphatic rings. The van der Waals surface area contributed by atoms with Gasteiger partial charge in [0, 0.05) is 19.7 Å². The van der Waals surface area contributed by atoms with E-state index in [-0.39, 0.29) is 0 Å². The summed E-state index contributed by atoms with van der Waals surface area (Å²) in [4.78, 5) is 0. The van der Waals surface area contributed by atoms with Crippen LogP contribution in [0.4, 0.5) is 0 Å². The van der Waals surface area contributed by atoms with E-state index in [0.29, 0.717) is 6.42 Å². The molecule has 0 aliphatic carbocycles. The van der Waals surface area contributed by atoms with E-state index < -0.39 is 5.60 Å². The first-order valence-corrected chi connectivity index (χ1v) is 5.87. The molecule has 1 unspecified atom stereocenters. The Hall–Kier alpha value is -1.81. The average molecular weight is 246 g/mol. The maximum Gasteiger partial charge on any atom is 0.118 e. The van der Waals surface area contributed by atoms with Crippen LogP contribution >= 0.6 is 0 Å². The van der Waals surface area contributed by atoms with Gasteiger partial charge in [-0.05, 0) is 30.7 Å². The van der Waals surface area contributed by atoms with Gasteiger partial charge >= 0.3 is 0 Å². The summed E-state index contributed by atoms with van der Waals surface area (Å²) >= 11 is 0. The lowest BCUT2D eigenvalue weighted by molar-refractivity contribution is 0.0490. The Morgan fingerprint density at radius 2 is 1.94 bits per heavy atom. The Morgan fingerprint density at radius 1 is 1.28 bits per heavy atom. The molecule has 1 N–H and O–H groups in total. The second kappa shape index (κ2) is 4.82. The van der Waals surface area contributed by atoms with Crippen LogP contribution in [0.2, 0.25) is 0 Å². The Balaban J connectivity index is 2.19. The van der Waals surface area contributed by atoms with Crippen molar-refractivity contribution in [3.8, 4) is 5.75 Å². The van der Waals surface area contributed by atoms with Crippen molar-refractivity contribution in [2.24, 2.45) is 7.05 Å². The molecule has 1 heterocycles. The molecule has 0 saturated carbocycles. The molecular weight excluding hydrogens is 228 g/mol. The van der Waals surface area contributed by atoms with Crippen molar-refractivity contribution in [1.82, 2.24) is 9.78 Å². The van der Waals surface area contributed by atoms with Gasteiger partial charge in [-0.3, -0.25) is 4.68 Å². The van der Waals surface area contributed by atoms with Gasteiger partial charge in [-0.1, -0.05) is 12.1 Å². The molecule has 0 fully saturated rings. The fourth-order valence-electron chi connectivity index (χ4n) is 2.13. The molecule has 1 atom stereocenters. The first kappa shape index (κ1) is 12.6. The van der Waals surface area contributed by atoms with Crippen molar-refractivity contribution in [2.45, 2.75) is 18.9 Å². The third-order valence-electron chi connectivity index (χ3n) is 3.08. The number of benzene rings is 1. The zero-order chi connectivity index (χ0) is 13.2. The van der Waals surface area contributed by atoms with Crippen LogP contribution in [-0.2, 0) is 19.1 Å². The zero-order valence-corrected chi connectivity index (χ0v) is 10.9. The fraction of sp³-hybridized carbons (Fsp3) is 0.357. The predicted molar refractivity (Wildman–Crippen MR) is 69.5 cm³/mol. The molecule has 18 heavy (non-hydrogen) atoms. The zero-order valence-electron chi connectivity index (χ0n) is 10.9. The van der Waals surface area contributed by atoms with E-state index in [1.807, 2.05) is 37.4 Å². The number of aryl methyl sites for hydroxylation is 1. The van der Waals surface area contributed by atoms with Crippen molar-refractivity contribution in [2.75, 3.05) is 7.11 Å². The molecule has 0 aliphatic heterocycles.